The second kappa shape index (κ2) is 6.87. The first-order valence-corrected chi connectivity index (χ1v) is 7.69. The lowest BCUT2D eigenvalue weighted by Crippen LogP contribution is -2.46. The number of piperidine rings is 1. The van der Waals surface area contributed by atoms with Crippen molar-refractivity contribution < 1.29 is 0 Å². The lowest BCUT2D eigenvalue weighted by molar-refractivity contribution is 0.418. The Bertz CT molecular complexity index is 575. The summed E-state index contributed by atoms with van der Waals surface area (Å²) >= 11 is 6.02. The number of halogens is 1. The highest BCUT2D eigenvalue weighted by molar-refractivity contribution is 6.30. The monoisotopic (exact) mass is 302 g/mol. The molecule has 1 aliphatic rings. The number of anilines is 1. The molecule has 0 spiro atoms. The van der Waals surface area contributed by atoms with Gasteiger partial charge in [-0.1, -0.05) is 23.7 Å². The summed E-state index contributed by atoms with van der Waals surface area (Å²) in [4.78, 5) is 10.9. The third-order valence-electron chi connectivity index (χ3n) is 3.74. The maximum absolute atomic E-state index is 6.02. The largest absolute Gasteiger partial charge is 0.339 e. The summed E-state index contributed by atoms with van der Waals surface area (Å²) in [6.07, 6.45) is 5.94. The van der Waals surface area contributed by atoms with Gasteiger partial charge in [0.05, 0.1) is 0 Å². The molecule has 0 radical (unpaired) electrons. The number of benzene rings is 1. The minimum absolute atomic E-state index is 0.460. The fourth-order valence-corrected chi connectivity index (χ4v) is 2.90. The van der Waals surface area contributed by atoms with Crippen LogP contribution in [0.25, 0.3) is 0 Å². The third-order valence-corrected chi connectivity index (χ3v) is 3.98. The smallest absolute Gasteiger partial charge is 0.225 e. The van der Waals surface area contributed by atoms with Crippen LogP contribution in [0.3, 0.4) is 0 Å². The van der Waals surface area contributed by atoms with Gasteiger partial charge in [0, 0.05) is 43.1 Å². The average Bonchev–Trinajstić information content (AvgIpc) is 2.54. The van der Waals surface area contributed by atoms with E-state index in [-0.39, 0.29) is 0 Å². The normalized spacial score (nSPS) is 18.7. The molecule has 1 N–H and O–H groups in total. The Balaban J connectivity index is 1.57. The second-order valence-corrected chi connectivity index (χ2v) is 5.78. The van der Waals surface area contributed by atoms with Gasteiger partial charge in [0.2, 0.25) is 5.95 Å². The molecule has 1 saturated heterocycles. The SMILES string of the molecule is Clc1cccc(CNC2CCCN(c3ncccn3)C2)c1. The van der Waals surface area contributed by atoms with Crippen LogP contribution in [0.4, 0.5) is 5.95 Å². The molecule has 0 aliphatic carbocycles. The summed E-state index contributed by atoms with van der Waals surface area (Å²) in [5, 5.41) is 4.40. The van der Waals surface area contributed by atoms with Gasteiger partial charge >= 0.3 is 0 Å². The molecule has 1 atom stereocenters. The molecule has 2 heterocycles. The Morgan fingerprint density at radius 3 is 2.90 bits per heavy atom. The van der Waals surface area contributed by atoms with E-state index in [4.69, 9.17) is 11.6 Å². The topological polar surface area (TPSA) is 41.0 Å². The van der Waals surface area contributed by atoms with Gasteiger partial charge in [-0.3, -0.25) is 0 Å². The van der Waals surface area contributed by atoms with E-state index in [0.29, 0.717) is 6.04 Å². The van der Waals surface area contributed by atoms with Gasteiger partial charge in [0.15, 0.2) is 0 Å². The third kappa shape index (κ3) is 3.93. The molecule has 0 saturated carbocycles. The van der Waals surface area contributed by atoms with Crippen LogP contribution >= 0.6 is 11.6 Å². The zero-order chi connectivity index (χ0) is 14.5. The van der Waals surface area contributed by atoms with Crippen molar-refractivity contribution in [3.63, 3.8) is 0 Å². The molecule has 1 unspecified atom stereocenters. The Kier molecular flexibility index (Phi) is 4.68. The second-order valence-electron chi connectivity index (χ2n) is 5.34. The highest BCUT2D eigenvalue weighted by atomic mass is 35.5. The molecular weight excluding hydrogens is 284 g/mol. The molecule has 21 heavy (non-hydrogen) atoms. The number of aromatic nitrogens is 2. The van der Waals surface area contributed by atoms with Crippen molar-refractivity contribution in [3.8, 4) is 0 Å². The quantitative estimate of drug-likeness (QED) is 0.943. The Morgan fingerprint density at radius 2 is 2.10 bits per heavy atom. The summed E-state index contributed by atoms with van der Waals surface area (Å²) in [5.41, 5.74) is 1.22. The Labute approximate surface area is 130 Å². The molecule has 0 bridgehead atoms. The summed E-state index contributed by atoms with van der Waals surface area (Å²) in [7, 11) is 0. The average molecular weight is 303 g/mol. The van der Waals surface area contributed by atoms with Crippen LogP contribution in [-0.4, -0.2) is 29.1 Å². The van der Waals surface area contributed by atoms with Crippen LogP contribution < -0.4 is 10.2 Å². The predicted octanol–water partition coefficient (Wildman–Crippen LogP) is 2.89. The van der Waals surface area contributed by atoms with Crippen LogP contribution in [0.1, 0.15) is 18.4 Å². The standard InChI is InChI=1S/C16H19ClN4/c17-14-5-1-4-13(10-14)11-20-15-6-2-9-21(12-15)16-18-7-3-8-19-16/h1,3-5,7-8,10,15,20H,2,6,9,11-12H2. The zero-order valence-corrected chi connectivity index (χ0v) is 12.6. The molecule has 1 aliphatic heterocycles. The van der Waals surface area contributed by atoms with Crippen LogP contribution in [-0.2, 0) is 6.54 Å². The molecule has 1 aromatic heterocycles. The fraction of sp³-hybridized carbons (Fsp3) is 0.375. The highest BCUT2D eigenvalue weighted by Gasteiger charge is 2.20. The van der Waals surface area contributed by atoms with Gasteiger partial charge in [-0.2, -0.15) is 0 Å². The first-order valence-electron chi connectivity index (χ1n) is 7.31. The van der Waals surface area contributed by atoms with E-state index < -0.39 is 0 Å². The lowest BCUT2D eigenvalue weighted by Gasteiger charge is -2.33. The molecule has 0 amide bonds. The van der Waals surface area contributed by atoms with Gasteiger partial charge < -0.3 is 10.2 Å². The first-order chi connectivity index (χ1) is 10.3. The van der Waals surface area contributed by atoms with Crippen molar-refractivity contribution >= 4 is 17.5 Å². The van der Waals surface area contributed by atoms with Crippen LogP contribution in [0, 0.1) is 0 Å². The van der Waals surface area contributed by atoms with Gasteiger partial charge in [-0.15, -0.1) is 0 Å². The van der Waals surface area contributed by atoms with Gasteiger partial charge in [-0.25, -0.2) is 9.97 Å². The van der Waals surface area contributed by atoms with Crippen molar-refractivity contribution in [2.24, 2.45) is 0 Å². The van der Waals surface area contributed by atoms with Crippen molar-refractivity contribution in [2.45, 2.75) is 25.4 Å². The maximum Gasteiger partial charge on any atom is 0.225 e. The number of rotatable bonds is 4. The van der Waals surface area contributed by atoms with Crippen LogP contribution in [0.5, 0.6) is 0 Å². The fourth-order valence-electron chi connectivity index (χ4n) is 2.69. The summed E-state index contributed by atoms with van der Waals surface area (Å²) in [6.45, 7) is 2.82. The summed E-state index contributed by atoms with van der Waals surface area (Å²) < 4.78 is 0. The molecule has 1 aromatic carbocycles. The number of hydrogen-bond donors (Lipinski definition) is 1. The first kappa shape index (κ1) is 14.3. The maximum atomic E-state index is 6.02. The minimum Gasteiger partial charge on any atom is -0.339 e. The van der Waals surface area contributed by atoms with E-state index in [9.17, 15) is 0 Å². The van der Waals surface area contributed by atoms with E-state index in [0.717, 1.165) is 37.0 Å². The number of nitrogens with one attached hydrogen (secondary N) is 1. The highest BCUT2D eigenvalue weighted by Crippen LogP contribution is 2.16. The van der Waals surface area contributed by atoms with Crippen molar-refractivity contribution in [2.75, 3.05) is 18.0 Å². The number of hydrogen-bond acceptors (Lipinski definition) is 4. The predicted molar refractivity (Wildman–Crippen MR) is 85.6 cm³/mol. The minimum atomic E-state index is 0.460. The van der Waals surface area contributed by atoms with E-state index >= 15 is 0 Å². The molecule has 3 rings (SSSR count). The molecule has 4 nitrogen and oxygen atoms in total. The summed E-state index contributed by atoms with van der Waals surface area (Å²) in [5.74, 6) is 0.826. The summed E-state index contributed by atoms with van der Waals surface area (Å²) in [6, 6.07) is 10.3. The Morgan fingerprint density at radius 1 is 1.24 bits per heavy atom. The van der Waals surface area contributed by atoms with E-state index in [1.54, 1.807) is 12.4 Å². The van der Waals surface area contributed by atoms with Gasteiger partial charge in [0.25, 0.3) is 0 Å². The zero-order valence-electron chi connectivity index (χ0n) is 11.9. The van der Waals surface area contributed by atoms with E-state index in [2.05, 4.69) is 26.3 Å². The molecule has 1 fully saturated rings. The molecule has 5 heteroatoms. The number of nitrogens with zero attached hydrogens (tertiary/aromatic N) is 3. The van der Waals surface area contributed by atoms with Crippen molar-refractivity contribution in [1.29, 1.82) is 0 Å². The molecular formula is C16H19ClN4. The Hall–Kier alpha value is -1.65. The molecule has 2 aromatic rings. The van der Waals surface area contributed by atoms with E-state index in [1.165, 1.54) is 12.0 Å². The van der Waals surface area contributed by atoms with Crippen LogP contribution in [0.15, 0.2) is 42.7 Å². The van der Waals surface area contributed by atoms with Crippen molar-refractivity contribution in [3.05, 3.63) is 53.3 Å². The van der Waals surface area contributed by atoms with Crippen LogP contribution in [0.2, 0.25) is 5.02 Å². The van der Waals surface area contributed by atoms with Crippen molar-refractivity contribution in [1.82, 2.24) is 15.3 Å². The van der Waals surface area contributed by atoms with Gasteiger partial charge in [-0.05, 0) is 36.6 Å². The lowest BCUT2D eigenvalue weighted by atomic mass is 10.1. The molecule has 110 valence electrons. The van der Waals surface area contributed by atoms with E-state index in [1.807, 2.05) is 24.3 Å². The van der Waals surface area contributed by atoms with Gasteiger partial charge in [0.1, 0.15) is 0 Å².